The number of carbonyl (C=O) groups is 1. The Morgan fingerprint density at radius 2 is 2.18 bits per heavy atom. The zero-order valence-corrected chi connectivity index (χ0v) is 9.26. The van der Waals surface area contributed by atoms with Crippen molar-refractivity contribution in [2.45, 2.75) is 0 Å². The van der Waals surface area contributed by atoms with E-state index in [-0.39, 0.29) is 0 Å². The van der Waals surface area contributed by atoms with Gasteiger partial charge in [-0.15, -0.1) is 0 Å². The highest BCUT2D eigenvalue weighted by atomic mass is 16.5. The molecule has 5 heteroatoms. The highest BCUT2D eigenvalue weighted by molar-refractivity contribution is 5.92. The number of hydrogen-bond acceptors (Lipinski definition) is 5. The number of hydrogen-bond donors (Lipinski definition) is 0. The summed E-state index contributed by atoms with van der Waals surface area (Å²) < 4.78 is 10.7. The third kappa shape index (κ3) is 1.78. The molecule has 88 valence electrons. The number of ether oxygens (including phenoxy) is 1. The lowest BCUT2D eigenvalue weighted by Crippen LogP contribution is -2.36. The Hall–Kier alpha value is -1.88. The van der Waals surface area contributed by atoms with Gasteiger partial charge < -0.3 is 14.1 Å². The molecule has 0 atom stereocenters. The molecule has 2 aromatic heterocycles. The molecule has 0 saturated carbocycles. The number of pyridine rings is 1. The maximum atomic E-state index is 10.7. The van der Waals surface area contributed by atoms with Crippen LogP contribution in [-0.2, 0) is 4.74 Å². The number of aldehydes is 1. The largest absolute Gasteiger partial charge is 0.453 e. The van der Waals surface area contributed by atoms with E-state index in [1.54, 1.807) is 18.3 Å². The van der Waals surface area contributed by atoms with Crippen LogP contribution in [0.5, 0.6) is 0 Å². The van der Waals surface area contributed by atoms with E-state index in [2.05, 4.69) is 9.88 Å². The molecule has 3 heterocycles. The fourth-order valence-corrected chi connectivity index (χ4v) is 2.05. The molecule has 5 nitrogen and oxygen atoms in total. The minimum absolute atomic E-state index is 0.336. The molecular formula is C12H12N2O3. The van der Waals surface area contributed by atoms with Crippen molar-refractivity contribution in [2.24, 2.45) is 0 Å². The van der Waals surface area contributed by atoms with Gasteiger partial charge in [0, 0.05) is 19.3 Å². The number of anilines is 1. The van der Waals surface area contributed by atoms with Gasteiger partial charge in [0.2, 0.25) is 0 Å². The van der Waals surface area contributed by atoms with Gasteiger partial charge in [-0.2, -0.15) is 0 Å². The van der Waals surface area contributed by atoms with Gasteiger partial charge in [0.1, 0.15) is 11.4 Å². The van der Waals surface area contributed by atoms with Gasteiger partial charge in [-0.05, 0) is 12.1 Å². The third-order valence-electron chi connectivity index (χ3n) is 2.87. The van der Waals surface area contributed by atoms with Crippen LogP contribution in [0.1, 0.15) is 10.6 Å². The SMILES string of the molecule is O=Cc1cc2c(N3CCOCC3)nccc2o1. The standard InChI is InChI=1S/C12H12N2O3/c15-8-9-7-10-11(17-9)1-2-13-12(10)14-3-5-16-6-4-14/h1-2,7-8H,3-6H2. The van der Waals surface area contributed by atoms with Crippen LogP contribution in [-0.4, -0.2) is 37.6 Å². The summed E-state index contributed by atoms with van der Waals surface area (Å²) in [4.78, 5) is 17.2. The summed E-state index contributed by atoms with van der Waals surface area (Å²) in [5, 5.41) is 0.886. The Morgan fingerprint density at radius 3 is 2.94 bits per heavy atom. The average Bonchev–Trinajstić information content (AvgIpc) is 2.82. The van der Waals surface area contributed by atoms with Gasteiger partial charge in [0.05, 0.1) is 18.6 Å². The van der Waals surface area contributed by atoms with Crippen LogP contribution in [0.15, 0.2) is 22.7 Å². The van der Waals surface area contributed by atoms with Crippen molar-refractivity contribution >= 4 is 23.1 Å². The van der Waals surface area contributed by atoms with Crippen molar-refractivity contribution in [2.75, 3.05) is 31.2 Å². The summed E-state index contributed by atoms with van der Waals surface area (Å²) >= 11 is 0. The Morgan fingerprint density at radius 1 is 1.35 bits per heavy atom. The van der Waals surface area contributed by atoms with E-state index in [1.807, 2.05) is 0 Å². The van der Waals surface area contributed by atoms with Crippen LogP contribution >= 0.6 is 0 Å². The molecule has 0 spiro atoms. The zero-order valence-electron chi connectivity index (χ0n) is 9.26. The van der Waals surface area contributed by atoms with Crippen LogP contribution in [0, 0.1) is 0 Å². The number of rotatable bonds is 2. The normalized spacial score (nSPS) is 16.4. The minimum Gasteiger partial charge on any atom is -0.453 e. The third-order valence-corrected chi connectivity index (χ3v) is 2.87. The fraction of sp³-hybridized carbons (Fsp3) is 0.333. The Bertz CT molecular complexity index is 544. The first-order valence-electron chi connectivity index (χ1n) is 5.55. The molecule has 3 rings (SSSR count). The Balaban J connectivity index is 2.08. The van der Waals surface area contributed by atoms with Crippen molar-refractivity contribution < 1.29 is 13.9 Å². The molecule has 1 aliphatic heterocycles. The van der Waals surface area contributed by atoms with Gasteiger partial charge in [0.15, 0.2) is 12.0 Å². The quantitative estimate of drug-likeness (QED) is 0.734. The van der Waals surface area contributed by atoms with Crippen molar-refractivity contribution in [1.82, 2.24) is 4.98 Å². The number of fused-ring (bicyclic) bond motifs is 1. The first-order chi connectivity index (χ1) is 8.38. The number of aromatic nitrogens is 1. The number of carbonyl (C=O) groups excluding carboxylic acids is 1. The molecule has 17 heavy (non-hydrogen) atoms. The smallest absolute Gasteiger partial charge is 0.185 e. The fourth-order valence-electron chi connectivity index (χ4n) is 2.05. The van der Waals surface area contributed by atoms with Crippen LogP contribution < -0.4 is 4.90 Å². The van der Waals surface area contributed by atoms with E-state index >= 15 is 0 Å². The maximum absolute atomic E-state index is 10.7. The summed E-state index contributed by atoms with van der Waals surface area (Å²) in [6.07, 6.45) is 2.41. The van der Waals surface area contributed by atoms with Gasteiger partial charge in [0.25, 0.3) is 0 Å². The molecule has 0 N–H and O–H groups in total. The predicted molar refractivity (Wildman–Crippen MR) is 62.4 cm³/mol. The van der Waals surface area contributed by atoms with E-state index in [4.69, 9.17) is 9.15 Å². The Labute approximate surface area is 98.0 Å². The lowest BCUT2D eigenvalue weighted by atomic mass is 10.2. The van der Waals surface area contributed by atoms with E-state index in [9.17, 15) is 4.79 Å². The lowest BCUT2D eigenvalue weighted by Gasteiger charge is -2.28. The number of morpholine rings is 1. The van der Waals surface area contributed by atoms with E-state index in [0.717, 1.165) is 24.3 Å². The minimum atomic E-state index is 0.336. The first-order valence-corrected chi connectivity index (χ1v) is 5.55. The van der Waals surface area contributed by atoms with Gasteiger partial charge in [-0.1, -0.05) is 0 Å². The highest BCUT2D eigenvalue weighted by Crippen LogP contribution is 2.27. The molecule has 0 unspecified atom stereocenters. The lowest BCUT2D eigenvalue weighted by molar-refractivity contribution is 0.110. The molecule has 1 fully saturated rings. The van der Waals surface area contributed by atoms with Crippen LogP contribution in [0.4, 0.5) is 5.82 Å². The van der Waals surface area contributed by atoms with Crippen molar-refractivity contribution in [3.8, 4) is 0 Å². The van der Waals surface area contributed by atoms with Crippen molar-refractivity contribution in [1.29, 1.82) is 0 Å². The summed E-state index contributed by atoms with van der Waals surface area (Å²) in [7, 11) is 0. The topological polar surface area (TPSA) is 55.6 Å². The highest BCUT2D eigenvalue weighted by Gasteiger charge is 2.17. The zero-order chi connectivity index (χ0) is 11.7. The second-order valence-corrected chi connectivity index (χ2v) is 3.91. The maximum Gasteiger partial charge on any atom is 0.185 e. The molecule has 0 aromatic carbocycles. The van der Waals surface area contributed by atoms with Gasteiger partial charge in [-0.25, -0.2) is 4.98 Å². The van der Waals surface area contributed by atoms with Crippen LogP contribution in [0.2, 0.25) is 0 Å². The van der Waals surface area contributed by atoms with Crippen LogP contribution in [0.25, 0.3) is 11.0 Å². The van der Waals surface area contributed by atoms with E-state index in [1.165, 1.54) is 0 Å². The number of furan rings is 1. The predicted octanol–water partition coefficient (Wildman–Crippen LogP) is 1.48. The molecule has 1 aliphatic rings. The molecular weight excluding hydrogens is 220 g/mol. The van der Waals surface area contributed by atoms with Crippen LogP contribution in [0.3, 0.4) is 0 Å². The second kappa shape index (κ2) is 4.18. The summed E-state index contributed by atoms with van der Waals surface area (Å²) in [6, 6.07) is 3.51. The molecule has 0 radical (unpaired) electrons. The van der Waals surface area contributed by atoms with E-state index < -0.39 is 0 Å². The van der Waals surface area contributed by atoms with Crippen molar-refractivity contribution in [3.63, 3.8) is 0 Å². The molecule has 2 aromatic rings. The molecule has 0 amide bonds. The monoisotopic (exact) mass is 232 g/mol. The van der Waals surface area contributed by atoms with Gasteiger partial charge in [-0.3, -0.25) is 4.79 Å². The molecule has 1 saturated heterocycles. The average molecular weight is 232 g/mol. The summed E-state index contributed by atoms with van der Waals surface area (Å²) in [6.45, 7) is 3.04. The first kappa shape index (κ1) is 10.3. The second-order valence-electron chi connectivity index (χ2n) is 3.91. The van der Waals surface area contributed by atoms with Crippen molar-refractivity contribution in [3.05, 3.63) is 24.1 Å². The summed E-state index contributed by atoms with van der Waals surface area (Å²) in [5.74, 6) is 1.20. The molecule has 0 aliphatic carbocycles. The molecule has 0 bridgehead atoms. The van der Waals surface area contributed by atoms with E-state index in [0.29, 0.717) is 30.8 Å². The Kier molecular flexibility index (Phi) is 2.53. The van der Waals surface area contributed by atoms with Gasteiger partial charge >= 0.3 is 0 Å². The number of nitrogens with zero attached hydrogens (tertiary/aromatic N) is 2. The summed E-state index contributed by atoms with van der Waals surface area (Å²) in [5.41, 5.74) is 0.698.